The highest BCUT2D eigenvalue weighted by Gasteiger charge is 2.30. The molecular formula is C29H32N6O7S2. The van der Waals surface area contributed by atoms with E-state index in [0.29, 0.717) is 10.6 Å². The van der Waals surface area contributed by atoms with Gasteiger partial charge in [0.25, 0.3) is 11.8 Å². The molecule has 0 saturated heterocycles. The van der Waals surface area contributed by atoms with Gasteiger partial charge in [-0.2, -0.15) is 5.10 Å². The summed E-state index contributed by atoms with van der Waals surface area (Å²) >= 11 is 2.15. The van der Waals surface area contributed by atoms with Gasteiger partial charge in [0.15, 0.2) is 5.13 Å². The molecule has 0 fully saturated rings. The van der Waals surface area contributed by atoms with Gasteiger partial charge in [-0.05, 0) is 50.8 Å². The van der Waals surface area contributed by atoms with E-state index in [0.717, 1.165) is 27.8 Å². The van der Waals surface area contributed by atoms with E-state index in [4.69, 9.17) is 9.47 Å². The number of esters is 2. The summed E-state index contributed by atoms with van der Waals surface area (Å²) in [6, 6.07) is 7.49. The molecule has 2 atom stereocenters. The van der Waals surface area contributed by atoms with Gasteiger partial charge in [-0.3, -0.25) is 24.3 Å². The predicted octanol–water partition coefficient (Wildman–Crippen LogP) is 3.58. The lowest BCUT2D eigenvalue weighted by Crippen LogP contribution is -2.50. The lowest BCUT2D eigenvalue weighted by atomic mass is 9.97. The van der Waals surface area contributed by atoms with Crippen molar-refractivity contribution in [3.05, 3.63) is 62.9 Å². The van der Waals surface area contributed by atoms with Gasteiger partial charge in [-0.1, -0.05) is 29.5 Å². The number of aryl methyl sites for hydroxylation is 1. The second-order valence-corrected chi connectivity index (χ2v) is 12.7. The number of carbonyl (C=O) groups is 5. The van der Waals surface area contributed by atoms with Crippen LogP contribution in [0.5, 0.6) is 0 Å². The fourth-order valence-corrected chi connectivity index (χ4v) is 5.41. The van der Waals surface area contributed by atoms with Crippen molar-refractivity contribution in [2.24, 2.45) is 5.41 Å². The van der Waals surface area contributed by atoms with Crippen LogP contribution in [0.2, 0.25) is 0 Å². The highest BCUT2D eigenvalue weighted by molar-refractivity contribution is 7.17. The molecule has 4 rings (SSSR count). The molecule has 3 heterocycles. The molecule has 232 valence electrons. The Morgan fingerprint density at radius 3 is 2.52 bits per heavy atom. The molecule has 0 bridgehead atoms. The molecule has 0 saturated carbocycles. The monoisotopic (exact) mass is 640 g/mol. The summed E-state index contributed by atoms with van der Waals surface area (Å²) in [6.07, 6.45) is 0.460. The Bertz CT molecular complexity index is 1670. The van der Waals surface area contributed by atoms with E-state index in [1.54, 1.807) is 51.4 Å². The van der Waals surface area contributed by atoms with Crippen LogP contribution in [-0.4, -0.2) is 63.7 Å². The third-order valence-electron chi connectivity index (χ3n) is 6.14. The molecule has 0 aliphatic carbocycles. The summed E-state index contributed by atoms with van der Waals surface area (Å²) in [4.78, 5) is 68.8. The number of nitrogens with zero attached hydrogens (tertiary/aromatic N) is 2. The maximum absolute atomic E-state index is 13.3. The van der Waals surface area contributed by atoms with Crippen LogP contribution < -0.4 is 16.0 Å². The van der Waals surface area contributed by atoms with Gasteiger partial charge >= 0.3 is 11.9 Å². The highest BCUT2D eigenvalue weighted by atomic mass is 32.1. The molecule has 4 N–H and O–H groups in total. The normalized spacial score (nSPS) is 12.7. The minimum atomic E-state index is -1.34. The van der Waals surface area contributed by atoms with Crippen LogP contribution in [0.15, 0.2) is 41.9 Å². The molecule has 44 heavy (non-hydrogen) atoms. The number of carbonyl (C=O) groups excluding carboxylic acids is 5. The molecule has 15 heteroatoms. The van der Waals surface area contributed by atoms with Gasteiger partial charge in [0.2, 0.25) is 12.2 Å². The summed E-state index contributed by atoms with van der Waals surface area (Å²) in [5, 5.41) is 17.5. The van der Waals surface area contributed by atoms with Crippen molar-refractivity contribution < 1.29 is 33.4 Å². The Balaban J connectivity index is 1.43. The lowest BCUT2D eigenvalue weighted by Gasteiger charge is -2.23. The Labute approximate surface area is 260 Å². The van der Waals surface area contributed by atoms with Crippen molar-refractivity contribution in [1.29, 1.82) is 0 Å². The first-order valence-electron chi connectivity index (χ1n) is 13.5. The Morgan fingerprint density at radius 2 is 1.82 bits per heavy atom. The van der Waals surface area contributed by atoms with E-state index >= 15 is 0 Å². The maximum Gasteiger partial charge on any atom is 0.333 e. The minimum absolute atomic E-state index is 0.0624. The fourth-order valence-electron chi connectivity index (χ4n) is 3.88. The van der Waals surface area contributed by atoms with Gasteiger partial charge in [0.05, 0.1) is 34.1 Å². The number of H-pyrrole nitrogens is 1. The van der Waals surface area contributed by atoms with Crippen molar-refractivity contribution >= 4 is 68.4 Å². The number of rotatable bonds is 11. The number of aromatic nitrogens is 3. The molecule has 3 aromatic heterocycles. The lowest BCUT2D eigenvalue weighted by molar-refractivity contribution is -0.191. The van der Waals surface area contributed by atoms with Crippen LogP contribution in [0.3, 0.4) is 0 Å². The average Bonchev–Trinajstić information content (AvgIpc) is 3.71. The summed E-state index contributed by atoms with van der Waals surface area (Å²) in [7, 11) is 0. The van der Waals surface area contributed by atoms with Crippen molar-refractivity contribution in [2.45, 2.75) is 53.4 Å². The second kappa shape index (κ2) is 13.8. The predicted molar refractivity (Wildman–Crippen MR) is 164 cm³/mol. The molecule has 0 aliphatic rings. The number of benzene rings is 1. The first kappa shape index (κ1) is 32.3. The zero-order valence-corrected chi connectivity index (χ0v) is 26.3. The average molecular weight is 641 g/mol. The molecule has 0 aliphatic heterocycles. The largest absolute Gasteiger partial charge is 0.425 e. The third kappa shape index (κ3) is 8.26. The molecule has 1 aromatic carbocycles. The van der Waals surface area contributed by atoms with E-state index in [-0.39, 0.29) is 28.9 Å². The van der Waals surface area contributed by atoms with Crippen LogP contribution >= 0.6 is 22.7 Å². The van der Waals surface area contributed by atoms with Crippen LogP contribution in [0.1, 0.15) is 58.3 Å². The summed E-state index contributed by atoms with van der Waals surface area (Å²) in [5.74, 6) is -2.96. The Morgan fingerprint density at radius 1 is 1.05 bits per heavy atom. The SMILES string of the molecule is Cc1nc(NC(=O)Cc2cccc3[nH]ncc23)sc1C(=O)NC(CNC(=O)c1cccs1)C(=O)OC(C)OC(=O)C(C)(C)C. The van der Waals surface area contributed by atoms with Crippen molar-refractivity contribution in [2.75, 3.05) is 11.9 Å². The van der Waals surface area contributed by atoms with Crippen LogP contribution in [0.25, 0.3) is 10.9 Å². The molecule has 3 amide bonds. The maximum atomic E-state index is 13.3. The third-order valence-corrected chi connectivity index (χ3v) is 8.08. The number of thiophene rings is 1. The second-order valence-electron chi connectivity index (χ2n) is 10.8. The summed E-state index contributed by atoms with van der Waals surface area (Å²) in [6.45, 7) is 7.62. The molecule has 0 radical (unpaired) electrons. The van der Waals surface area contributed by atoms with Gasteiger partial charge < -0.3 is 25.4 Å². The Kier molecular flexibility index (Phi) is 10.1. The zero-order chi connectivity index (χ0) is 32.0. The smallest absolute Gasteiger partial charge is 0.333 e. The quantitative estimate of drug-likeness (QED) is 0.141. The van der Waals surface area contributed by atoms with Crippen LogP contribution in [0.4, 0.5) is 5.13 Å². The molecule has 4 aromatic rings. The van der Waals surface area contributed by atoms with E-state index < -0.39 is 41.5 Å². The van der Waals surface area contributed by atoms with Gasteiger partial charge in [0, 0.05) is 18.9 Å². The zero-order valence-electron chi connectivity index (χ0n) is 24.7. The number of hydrogen-bond donors (Lipinski definition) is 4. The van der Waals surface area contributed by atoms with Gasteiger partial charge in [0.1, 0.15) is 10.9 Å². The minimum Gasteiger partial charge on any atom is -0.425 e. The molecule has 0 spiro atoms. The number of thiazole rings is 1. The number of anilines is 1. The van der Waals surface area contributed by atoms with Crippen molar-refractivity contribution in [3.8, 4) is 0 Å². The number of amides is 3. The molecular weight excluding hydrogens is 608 g/mol. The van der Waals surface area contributed by atoms with Crippen LogP contribution in [0, 0.1) is 12.3 Å². The van der Waals surface area contributed by atoms with Gasteiger partial charge in [-0.25, -0.2) is 9.78 Å². The van der Waals surface area contributed by atoms with E-state index in [1.807, 2.05) is 18.2 Å². The number of aromatic amines is 1. The number of nitrogens with one attached hydrogen (secondary N) is 4. The summed E-state index contributed by atoms with van der Waals surface area (Å²) in [5.41, 5.74) is 1.07. The topological polar surface area (TPSA) is 181 Å². The highest BCUT2D eigenvalue weighted by Crippen LogP contribution is 2.24. The first-order valence-corrected chi connectivity index (χ1v) is 15.2. The number of fused-ring (bicyclic) bond motifs is 1. The number of ether oxygens (including phenoxy) is 2. The molecule has 2 unspecified atom stereocenters. The summed E-state index contributed by atoms with van der Waals surface area (Å²) < 4.78 is 10.5. The first-order chi connectivity index (χ1) is 20.8. The van der Waals surface area contributed by atoms with E-state index in [1.165, 1.54) is 18.3 Å². The van der Waals surface area contributed by atoms with Gasteiger partial charge in [-0.15, -0.1) is 11.3 Å². The van der Waals surface area contributed by atoms with Crippen LogP contribution in [-0.2, 0) is 30.3 Å². The fraction of sp³-hybridized carbons (Fsp3) is 0.345. The van der Waals surface area contributed by atoms with E-state index in [9.17, 15) is 24.0 Å². The van der Waals surface area contributed by atoms with E-state index in [2.05, 4.69) is 31.1 Å². The number of hydrogen-bond acceptors (Lipinski definition) is 11. The Hall–Kier alpha value is -4.63. The van der Waals surface area contributed by atoms with Crippen molar-refractivity contribution in [1.82, 2.24) is 25.8 Å². The van der Waals surface area contributed by atoms with Crippen molar-refractivity contribution in [3.63, 3.8) is 0 Å². The standard InChI is InChI=1S/C29H32N6O7S2/c1-15-23(44-28(32-15)34-22(36)12-17-8-6-9-19-18(17)13-31-35-19)25(38)33-20(14-30-24(37)21-10-7-11-43-21)26(39)41-16(2)42-27(40)29(3,4)5/h6-11,13,16,20H,12,14H2,1-5H3,(H,30,37)(H,31,35)(H,33,38)(H,32,34,36). The molecule has 13 nitrogen and oxygen atoms in total.